The highest BCUT2D eigenvalue weighted by Crippen LogP contribution is 2.20. The molecule has 0 bridgehead atoms. The zero-order valence-corrected chi connectivity index (χ0v) is 15.4. The first-order valence-corrected chi connectivity index (χ1v) is 9.96. The first-order valence-electron chi connectivity index (χ1n) is 7.76. The van der Waals surface area contributed by atoms with Crippen LogP contribution in [0.5, 0.6) is 5.75 Å². The molecule has 0 spiro atoms. The molecule has 0 aliphatic carbocycles. The number of halogens is 1. The highest BCUT2D eigenvalue weighted by molar-refractivity contribution is 7.91. The summed E-state index contributed by atoms with van der Waals surface area (Å²) < 4.78 is 33.4. The van der Waals surface area contributed by atoms with Crippen molar-refractivity contribution in [1.82, 2.24) is 4.90 Å². The average Bonchev–Trinajstić information content (AvgIpc) is 2.94. The van der Waals surface area contributed by atoms with Crippen molar-refractivity contribution < 1.29 is 27.5 Å². The number of rotatable bonds is 7. The Labute approximate surface area is 151 Å². The molecule has 1 amide bonds. The Bertz CT molecular complexity index is 719. The second-order valence-electron chi connectivity index (χ2n) is 5.71. The van der Waals surface area contributed by atoms with Gasteiger partial charge >= 0.3 is 5.97 Å². The van der Waals surface area contributed by atoms with E-state index in [1.54, 1.807) is 24.3 Å². The van der Waals surface area contributed by atoms with Gasteiger partial charge in [-0.15, -0.1) is 0 Å². The van der Waals surface area contributed by atoms with Crippen LogP contribution in [0, 0.1) is 0 Å². The smallest absolute Gasteiger partial charge is 0.307 e. The minimum absolute atomic E-state index is 0.000265. The number of nitrogens with zero attached hydrogens (tertiary/aromatic N) is 1. The van der Waals surface area contributed by atoms with Crippen LogP contribution in [0.2, 0.25) is 5.02 Å². The van der Waals surface area contributed by atoms with Crippen LogP contribution in [0.3, 0.4) is 0 Å². The predicted molar refractivity (Wildman–Crippen MR) is 92.4 cm³/mol. The average molecular weight is 390 g/mol. The number of carbonyl (C=O) groups is 2. The summed E-state index contributed by atoms with van der Waals surface area (Å²) in [5, 5.41) is 0.551. The fraction of sp³-hybridized carbons (Fsp3) is 0.500. The summed E-state index contributed by atoms with van der Waals surface area (Å²) >= 11 is 5.79. The van der Waals surface area contributed by atoms with Crippen LogP contribution in [-0.2, 0) is 24.2 Å². The lowest BCUT2D eigenvalue weighted by atomic mass is 10.2. The number of methoxy groups -OCH3 is 1. The van der Waals surface area contributed by atoms with Gasteiger partial charge in [0.25, 0.3) is 5.91 Å². The molecule has 7 nitrogen and oxygen atoms in total. The van der Waals surface area contributed by atoms with E-state index < -0.39 is 21.8 Å². The maximum absolute atomic E-state index is 12.5. The lowest BCUT2D eigenvalue weighted by Gasteiger charge is -2.28. The summed E-state index contributed by atoms with van der Waals surface area (Å²) in [6, 6.07) is 6.10. The molecule has 9 heteroatoms. The zero-order chi connectivity index (χ0) is 18.4. The summed E-state index contributed by atoms with van der Waals surface area (Å²) in [6.07, 6.45) is 0.357. The molecule has 1 fully saturated rings. The van der Waals surface area contributed by atoms with Crippen molar-refractivity contribution >= 4 is 33.3 Å². The normalized spacial score (nSPS) is 18.6. The maximum Gasteiger partial charge on any atom is 0.307 e. The van der Waals surface area contributed by atoms with Crippen LogP contribution in [0.25, 0.3) is 0 Å². The number of benzene rings is 1. The first kappa shape index (κ1) is 19.5. The van der Waals surface area contributed by atoms with Crippen LogP contribution in [0.15, 0.2) is 24.3 Å². The number of sulfone groups is 1. The molecule has 1 saturated heterocycles. The van der Waals surface area contributed by atoms with E-state index in [0.717, 1.165) is 0 Å². The van der Waals surface area contributed by atoms with Crippen LogP contribution < -0.4 is 4.74 Å². The van der Waals surface area contributed by atoms with E-state index in [1.165, 1.54) is 12.0 Å². The van der Waals surface area contributed by atoms with Crippen LogP contribution in [0.4, 0.5) is 0 Å². The molecule has 138 valence electrons. The van der Waals surface area contributed by atoms with Gasteiger partial charge in [-0.05, 0) is 30.7 Å². The van der Waals surface area contributed by atoms with Gasteiger partial charge in [-0.25, -0.2) is 8.42 Å². The monoisotopic (exact) mass is 389 g/mol. The second-order valence-corrected chi connectivity index (χ2v) is 8.38. The summed E-state index contributed by atoms with van der Waals surface area (Å²) in [7, 11) is -1.89. The summed E-state index contributed by atoms with van der Waals surface area (Å²) in [5.74, 6) is -0.415. The van der Waals surface area contributed by atoms with Crippen molar-refractivity contribution in [2.75, 3.05) is 31.8 Å². The van der Waals surface area contributed by atoms with E-state index >= 15 is 0 Å². The fourth-order valence-electron chi connectivity index (χ4n) is 2.60. The molecule has 1 atom stereocenters. The molecule has 1 aliphatic heterocycles. The van der Waals surface area contributed by atoms with Crippen LogP contribution >= 0.6 is 11.6 Å². The predicted octanol–water partition coefficient (Wildman–Crippen LogP) is 1.30. The lowest BCUT2D eigenvalue weighted by Crippen LogP contribution is -2.44. The Kier molecular flexibility index (Phi) is 6.66. The van der Waals surface area contributed by atoms with Gasteiger partial charge in [-0.2, -0.15) is 0 Å². The third-order valence-electron chi connectivity index (χ3n) is 3.93. The number of hydrogen-bond donors (Lipinski definition) is 0. The Balaban J connectivity index is 2.01. The largest absolute Gasteiger partial charge is 0.484 e. The van der Waals surface area contributed by atoms with Gasteiger partial charge in [0, 0.05) is 17.6 Å². The first-order chi connectivity index (χ1) is 11.8. The Morgan fingerprint density at radius 2 is 1.96 bits per heavy atom. The van der Waals surface area contributed by atoms with Gasteiger partial charge in [0.2, 0.25) is 0 Å². The number of hydrogen-bond acceptors (Lipinski definition) is 6. The van der Waals surface area contributed by atoms with Gasteiger partial charge < -0.3 is 14.4 Å². The molecule has 1 aromatic carbocycles. The summed E-state index contributed by atoms with van der Waals surface area (Å²) in [4.78, 5) is 25.3. The van der Waals surface area contributed by atoms with Gasteiger partial charge in [0.05, 0.1) is 25.0 Å². The minimum atomic E-state index is -3.16. The molecule has 0 saturated carbocycles. The molecule has 0 N–H and O–H groups in total. The zero-order valence-electron chi connectivity index (χ0n) is 13.8. The van der Waals surface area contributed by atoms with Gasteiger partial charge in [-0.3, -0.25) is 9.59 Å². The van der Waals surface area contributed by atoms with Crippen molar-refractivity contribution in [3.63, 3.8) is 0 Å². The molecule has 25 heavy (non-hydrogen) atoms. The molecule has 0 unspecified atom stereocenters. The van der Waals surface area contributed by atoms with Gasteiger partial charge in [0.1, 0.15) is 5.75 Å². The van der Waals surface area contributed by atoms with E-state index in [9.17, 15) is 18.0 Å². The highest BCUT2D eigenvalue weighted by atomic mass is 35.5. The quantitative estimate of drug-likeness (QED) is 0.653. The molecular formula is C16H20ClNO6S. The van der Waals surface area contributed by atoms with Crippen molar-refractivity contribution in [3.05, 3.63) is 29.3 Å². The number of esters is 1. The fourth-order valence-corrected chi connectivity index (χ4v) is 4.46. The topological polar surface area (TPSA) is 90.0 Å². The maximum atomic E-state index is 12.5. The van der Waals surface area contributed by atoms with E-state index in [0.29, 0.717) is 17.2 Å². The van der Waals surface area contributed by atoms with Crippen LogP contribution in [-0.4, -0.2) is 63.0 Å². The SMILES string of the molecule is COC(=O)CCN(C(=O)COc1ccc(Cl)cc1)[C@H]1CCS(=O)(=O)C1. The van der Waals surface area contributed by atoms with Crippen molar-refractivity contribution in [3.8, 4) is 5.75 Å². The molecular weight excluding hydrogens is 370 g/mol. The second kappa shape index (κ2) is 8.53. The standard InChI is InChI=1S/C16H20ClNO6S/c1-23-16(20)6-8-18(13-7-9-25(21,22)11-13)15(19)10-24-14-4-2-12(17)3-5-14/h2-5,13H,6-11H2,1H3/t13-/m0/s1. The molecule has 1 heterocycles. The minimum Gasteiger partial charge on any atom is -0.484 e. The molecule has 1 aromatic rings. The Hall–Kier alpha value is -1.80. The third kappa shape index (κ3) is 5.89. The summed E-state index contributed by atoms with van der Waals surface area (Å²) in [5.41, 5.74) is 0. The van der Waals surface area contributed by atoms with Gasteiger partial charge in [-0.1, -0.05) is 11.6 Å². The van der Waals surface area contributed by atoms with Crippen molar-refractivity contribution in [2.24, 2.45) is 0 Å². The van der Waals surface area contributed by atoms with E-state index in [4.69, 9.17) is 16.3 Å². The van der Waals surface area contributed by atoms with Crippen molar-refractivity contribution in [2.45, 2.75) is 18.9 Å². The lowest BCUT2D eigenvalue weighted by molar-refractivity contribution is -0.142. The van der Waals surface area contributed by atoms with Gasteiger partial charge in [0.15, 0.2) is 16.4 Å². The Morgan fingerprint density at radius 1 is 1.28 bits per heavy atom. The molecule has 1 aliphatic rings. The third-order valence-corrected chi connectivity index (χ3v) is 5.93. The molecule has 2 rings (SSSR count). The highest BCUT2D eigenvalue weighted by Gasteiger charge is 2.34. The van der Waals surface area contributed by atoms with Crippen molar-refractivity contribution in [1.29, 1.82) is 0 Å². The Morgan fingerprint density at radius 3 is 2.52 bits per heavy atom. The number of amides is 1. The number of ether oxygens (including phenoxy) is 2. The summed E-state index contributed by atoms with van der Waals surface area (Å²) in [6.45, 7) is -0.158. The van der Waals surface area contributed by atoms with E-state index in [1.807, 2.05) is 0 Å². The molecule has 0 radical (unpaired) electrons. The van der Waals surface area contributed by atoms with E-state index in [-0.39, 0.29) is 37.0 Å². The number of carbonyl (C=O) groups excluding carboxylic acids is 2. The van der Waals surface area contributed by atoms with Crippen LogP contribution in [0.1, 0.15) is 12.8 Å². The van der Waals surface area contributed by atoms with E-state index in [2.05, 4.69) is 4.74 Å². The molecule has 0 aromatic heterocycles.